The molecule has 1 aromatic rings. The fraction of sp³-hybridized carbons (Fsp3) is 0.400. The first-order valence-corrected chi connectivity index (χ1v) is 6.81. The van der Waals surface area contributed by atoms with Crippen LogP contribution in [0, 0.1) is 0 Å². The SMILES string of the molecule is CCOC(=O)CS(=O)(=O)N(C)c1ccncc1N. The molecule has 1 rings (SSSR count). The van der Waals surface area contributed by atoms with Gasteiger partial charge < -0.3 is 10.5 Å². The number of aromatic nitrogens is 1. The Kier molecular flexibility index (Phi) is 4.49. The van der Waals surface area contributed by atoms with E-state index in [4.69, 9.17) is 5.73 Å². The maximum Gasteiger partial charge on any atom is 0.323 e. The van der Waals surface area contributed by atoms with Crippen LogP contribution in [0.1, 0.15) is 6.92 Å². The van der Waals surface area contributed by atoms with Crippen LogP contribution in [0.25, 0.3) is 0 Å². The first-order chi connectivity index (χ1) is 8.38. The maximum atomic E-state index is 11.9. The van der Waals surface area contributed by atoms with Crippen LogP contribution < -0.4 is 10.0 Å². The minimum atomic E-state index is -3.81. The lowest BCUT2D eigenvalue weighted by Gasteiger charge is -2.20. The first-order valence-electron chi connectivity index (χ1n) is 5.20. The van der Waals surface area contributed by atoms with Crippen LogP contribution in [0.15, 0.2) is 18.5 Å². The van der Waals surface area contributed by atoms with Crippen LogP contribution in [0.4, 0.5) is 11.4 Å². The minimum Gasteiger partial charge on any atom is -0.465 e. The molecule has 0 aromatic carbocycles. The van der Waals surface area contributed by atoms with Crippen molar-refractivity contribution < 1.29 is 17.9 Å². The highest BCUT2D eigenvalue weighted by Crippen LogP contribution is 2.22. The van der Waals surface area contributed by atoms with Crippen LogP contribution in [0.3, 0.4) is 0 Å². The predicted molar refractivity (Wildman–Crippen MR) is 67.5 cm³/mol. The van der Waals surface area contributed by atoms with E-state index in [-0.39, 0.29) is 18.0 Å². The maximum absolute atomic E-state index is 11.9. The Bertz CT molecular complexity index is 530. The highest BCUT2D eigenvalue weighted by molar-refractivity contribution is 7.93. The van der Waals surface area contributed by atoms with E-state index in [9.17, 15) is 13.2 Å². The molecule has 0 bridgehead atoms. The number of anilines is 2. The van der Waals surface area contributed by atoms with E-state index >= 15 is 0 Å². The van der Waals surface area contributed by atoms with E-state index in [1.54, 1.807) is 6.92 Å². The lowest BCUT2D eigenvalue weighted by Crippen LogP contribution is -2.33. The number of carbonyl (C=O) groups is 1. The third-order valence-electron chi connectivity index (χ3n) is 2.19. The van der Waals surface area contributed by atoms with E-state index in [0.29, 0.717) is 0 Å². The van der Waals surface area contributed by atoms with E-state index in [0.717, 1.165) is 4.31 Å². The molecule has 0 aliphatic carbocycles. The zero-order valence-electron chi connectivity index (χ0n) is 10.2. The van der Waals surface area contributed by atoms with E-state index in [1.807, 2.05) is 0 Å². The Morgan fingerprint density at radius 2 is 2.22 bits per heavy atom. The number of nitrogen functional groups attached to an aromatic ring is 1. The molecule has 0 spiro atoms. The number of rotatable bonds is 5. The number of hydrogen-bond acceptors (Lipinski definition) is 6. The normalized spacial score (nSPS) is 11.0. The number of carbonyl (C=O) groups excluding carboxylic acids is 1. The summed E-state index contributed by atoms with van der Waals surface area (Å²) in [5.74, 6) is -1.52. The molecule has 7 nitrogen and oxygen atoms in total. The molecule has 100 valence electrons. The van der Waals surface area contributed by atoms with Crippen LogP contribution in [0.2, 0.25) is 0 Å². The predicted octanol–water partition coefficient (Wildman–Crippen LogP) is -0.00710. The number of hydrogen-bond donors (Lipinski definition) is 1. The van der Waals surface area contributed by atoms with Crippen molar-refractivity contribution in [2.45, 2.75) is 6.92 Å². The summed E-state index contributed by atoms with van der Waals surface area (Å²) in [6.07, 6.45) is 2.76. The van der Waals surface area contributed by atoms with Crippen molar-refractivity contribution in [2.24, 2.45) is 0 Å². The number of ether oxygens (including phenoxy) is 1. The lowest BCUT2D eigenvalue weighted by molar-refractivity contribution is -0.139. The molecule has 0 radical (unpaired) electrons. The van der Waals surface area contributed by atoms with E-state index < -0.39 is 21.7 Å². The summed E-state index contributed by atoms with van der Waals surface area (Å²) < 4.78 is 29.4. The fourth-order valence-electron chi connectivity index (χ4n) is 1.28. The van der Waals surface area contributed by atoms with Gasteiger partial charge in [-0.15, -0.1) is 0 Å². The molecule has 0 fully saturated rings. The Morgan fingerprint density at radius 3 is 2.78 bits per heavy atom. The van der Waals surface area contributed by atoms with Crippen molar-refractivity contribution in [3.8, 4) is 0 Å². The van der Waals surface area contributed by atoms with Crippen LogP contribution >= 0.6 is 0 Å². The van der Waals surface area contributed by atoms with Gasteiger partial charge in [0, 0.05) is 13.2 Å². The van der Waals surface area contributed by atoms with Gasteiger partial charge in [0.2, 0.25) is 10.0 Å². The molecule has 0 aliphatic heterocycles. The molecule has 1 heterocycles. The van der Waals surface area contributed by atoms with Gasteiger partial charge in [0.1, 0.15) is 0 Å². The highest BCUT2D eigenvalue weighted by Gasteiger charge is 2.24. The van der Waals surface area contributed by atoms with Gasteiger partial charge in [-0.3, -0.25) is 14.1 Å². The zero-order chi connectivity index (χ0) is 13.8. The quantitative estimate of drug-likeness (QED) is 0.757. The molecule has 0 unspecified atom stereocenters. The second-order valence-electron chi connectivity index (χ2n) is 3.46. The standard InChI is InChI=1S/C10H15N3O4S/c1-3-17-10(14)7-18(15,16)13(2)9-4-5-12-6-8(9)11/h4-6H,3,7,11H2,1-2H3. The molecule has 1 aromatic heterocycles. The van der Waals surface area contributed by atoms with Gasteiger partial charge in [0.15, 0.2) is 5.75 Å². The smallest absolute Gasteiger partial charge is 0.323 e. The number of nitrogens with zero attached hydrogens (tertiary/aromatic N) is 2. The Labute approximate surface area is 106 Å². The van der Waals surface area contributed by atoms with E-state index in [2.05, 4.69) is 9.72 Å². The molecule has 0 saturated heterocycles. The van der Waals surface area contributed by atoms with Crippen molar-refractivity contribution in [3.63, 3.8) is 0 Å². The summed E-state index contributed by atoms with van der Waals surface area (Å²) in [6, 6.07) is 1.46. The molecule has 0 saturated carbocycles. The second kappa shape index (κ2) is 5.67. The van der Waals surface area contributed by atoms with Gasteiger partial charge >= 0.3 is 5.97 Å². The van der Waals surface area contributed by atoms with Crippen LogP contribution in [0.5, 0.6) is 0 Å². The van der Waals surface area contributed by atoms with Crippen LogP contribution in [-0.4, -0.2) is 38.8 Å². The molecular formula is C10H15N3O4S. The topological polar surface area (TPSA) is 103 Å². The Hall–Kier alpha value is -1.83. The average Bonchev–Trinajstić information content (AvgIpc) is 2.28. The average molecular weight is 273 g/mol. The summed E-state index contributed by atoms with van der Waals surface area (Å²) in [4.78, 5) is 15.0. The minimum absolute atomic E-state index is 0.134. The second-order valence-corrected chi connectivity index (χ2v) is 5.46. The molecule has 2 N–H and O–H groups in total. The summed E-state index contributed by atoms with van der Waals surface area (Å²) in [6.45, 7) is 1.74. The summed E-state index contributed by atoms with van der Waals surface area (Å²) in [5.41, 5.74) is 6.11. The molecule has 18 heavy (non-hydrogen) atoms. The number of pyridine rings is 1. The highest BCUT2D eigenvalue weighted by atomic mass is 32.2. The molecule has 0 atom stereocenters. The van der Waals surface area contributed by atoms with Crippen molar-refractivity contribution in [3.05, 3.63) is 18.5 Å². The van der Waals surface area contributed by atoms with Gasteiger partial charge in [-0.25, -0.2) is 8.42 Å². The van der Waals surface area contributed by atoms with Gasteiger partial charge in [-0.1, -0.05) is 0 Å². The fourth-order valence-corrected chi connectivity index (χ4v) is 2.33. The number of nitrogens with two attached hydrogens (primary N) is 1. The monoisotopic (exact) mass is 273 g/mol. The van der Waals surface area contributed by atoms with Crippen LogP contribution in [-0.2, 0) is 19.6 Å². The van der Waals surface area contributed by atoms with E-state index in [1.165, 1.54) is 25.5 Å². The van der Waals surface area contributed by atoms with Gasteiger partial charge in [-0.05, 0) is 13.0 Å². The molecular weight excluding hydrogens is 258 g/mol. The number of esters is 1. The van der Waals surface area contributed by atoms with Crippen molar-refractivity contribution in [1.29, 1.82) is 0 Å². The largest absolute Gasteiger partial charge is 0.465 e. The summed E-state index contributed by atoms with van der Waals surface area (Å²) in [5, 5.41) is 0. The van der Waals surface area contributed by atoms with Gasteiger partial charge in [0.25, 0.3) is 0 Å². The van der Waals surface area contributed by atoms with Crippen molar-refractivity contribution >= 4 is 27.4 Å². The molecule has 0 amide bonds. The van der Waals surface area contributed by atoms with Crippen molar-refractivity contribution in [1.82, 2.24) is 4.98 Å². The first kappa shape index (κ1) is 14.2. The molecule has 0 aliphatic rings. The molecule has 8 heteroatoms. The Balaban J connectivity index is 2.93. The zero-order valence-corrected chi connectivity index (χ0v) is 11.0. The Morgan fingerprint density at radius 1 is 1.56 bits per heavy atom. The summed E-state index contributed by atoms with van der Waals surface area (Å²) in [7, 11) is -2.49. The number of sulfonamides is 1. The van der Waals surface area contributed by atoms with Gasteiger partial charge in [-0.2, -0.15) is 0 Å². The summed E-state index contributed by atoms with van der Waals surface area (Å²) >= 11 is 0. The third kappa shape index (κ3) is 3.33. The van der Waals surface area contributed by atoms with Crippen molar-refractivity contribution in [2.75, 3.05) is 29.4 Å². The third-order valence-corrected chi connectivity index (χ3v) is 3.82. The lowest BCUT2D eigenvalue weighted by atomic mass is 10.3. The van der Waals surface area contributed by atoms with Gasteiger partial charge in [0.05, 0.1) is 24.2 Å².